The van der Waals surface area contributed by atoms with Gasteiger partial charge >= 0.3 is 5.69 Å². The van der Waals surface area contributed by atoms with E-state index in [0.717, 1.165) is 31.9 Å². The first-order valence-electron chi connectivity index (χ1n) is 7.64. The Balaban J connectivity index is 2.14. The smallest absolute Gasteiger partial charge is 0.328 e. The maximum Gasteiger partial charge on any atom is 0.328 e. The van der Waals surface area contributed by atoms with Gasteiger partial charge in [-0.05, 0) is 13.1 Å². The molecular weight excluding hydrogens is 296 g/mol. The molecule has 1 aliphatic heterocycles. The van der Waals surface area contributed by atoms with Crippen LogP contribution in [0, 0.1) is 17.3 Å². The van der Waals surface area contributed by atoms with E-state index in [2.05, 4.69) is 16.8 Å². The summed E-state index contributed by atoms with van der Waals surface area (Å²) in [6.45, 7) is 6.42. The van der Waals surface area contributed by atoms with Gasteiger partial charge in [-0.2, -0.15) is 9.46 Å². The molecule has 0 amide bonds. The van der Waals surface area contributed by atoms with Crippen LogP contribution in [0.25, 0.3) is 11.0 Å². The number of carbonyl (C=O) groups is 1. The molecule has 0 unspecified atom stereocenters. The highest BCUT2D eigenvalue weighted by Crippen LogP contribution is 2.20. The Morgan fingerprint density at radius 1 is 1.09 bits per heavy atom. The largest absolute Gasteiger partial charge is 0.618 e. The normalized spacial score (nSPS) is 16.0. The number of carbonyl (C=O) groups excluding carboxylic acids is 1. The molecule has 0 saturated carbocycles. The van der Waals surface area contributed by atoms with E-state index in [4.69, 9.17) is 0 Å². The van der Waals surface area contributed by atoms with E-state index in [0.29, 0.717) is 9.46 Å². The quantitative estimate of drug-likeness (QED) is 0.454. The average Bonchev–Trinajstić information content (AvgIpc) is 2.53. The zero-order valence-corrected chi connectivity index (χ0v) is 13.6. The number of aromatic nitrogens is 2. The fraction of sp³-hybridized carbons (Fsp3) is 0.438. The third kappa shape index (κ3) is 2.57. The molecule has 2 aromatic rings. The van der Waals surface area contributed by atoms with Gasteiger partial charge in [0.05, 0.1) is 0 Å². The molecule has 0 spiro atoms. The average molecular weight is 316 g/mol. The summed E-state index contributed by atoms with van der Waals surface area (Å²) in [5.41, 5.74) is 1.44. The van der Waals surface area contributed by atoms with Gasteiger partial charge in [0.15, 0.2) is 0 Å². The van der Waals surface area contributed by atoms with Crippen LogP contribution in [0.1, 0.15) is 23.1 Å². The number of piperazine rings is 1. The van der Waals surface area contributed by atoms with E-state index in [1.54, 1.807) is 12.1 Å². The van der Waals surface area contributed by atoms with Crippen LogP contribution in [0.15, 0.2) is 18.2 Å². The SMILES string of the molecule is CC(=O)c1c(C)[n+]([O-])c2ccc(N3CCN(C)CC3)cc2[n+]1[O-]. The second kappa shape index (κ2) is 5.66. The molecule has 7 nitrogen and oxygen atoms in total. The van der Waals surface area contributed by atoms with E-state index in [-0.39, 0.29) is 22.4 Å². The van der Waals surface area contributed by atoms with Crippen molar-refractivity contribution in [3.63, 3.8) is 0 Å². The molecule has 0 atom stereocenters. The van der Waals surface area contributed by atoms with Gasteiger partial charge in [-0.15, -0.1) is 0 Å². The summed E-state index contributed by atoms with van der Waals surface area (Å²) in [7, 11) is 2.07. The molecule has 3 rings (SSSR count). The molecule has 1 saturated heterocycles. The molecule has 2 heterocycles. The number of anilines is 1. The summed E-state index contributed by atoms with van der Waals surface area (Å²) in [6.07, 6.45) is 0. The van der Waals surface area contributed by atoms with E-state index in [9.17, 15) is 15.2 Å². The first kappa shape index (κ1) is 15.5. The molecule has 0 N–H and O–H groups in total. The predicted octanol–water partition coefficient (Wildman–Crippen LogP) is 0.369. The van der Waals surface area contributed by atoms with Crippen LogP contribution < -0.4 is 14.4 Å². The van der Waals surface area contributed by atoms with Crippen molar-refractivity contribution in [1.29, 1.82) is 0 Å². The van der Waals surface area contributed by atoms with Gasteiger partial charge in [-0.3, -0.25) is 4.79 Å². The van der Waals surface area contributed by atoms with Gasteiger partial charge in [0.2, 0.25) is 5.78 Å². The number of fused-ring (bicyclic) bond motifs is 1. The van der Waals surface area contributed by atoms with Gasteiger partial charge in [0.1, 0.15) is 0 Å². The topological polar surface area (TPSA) is 77.4 Å². The molecule has 1 aliphatic rings. The third-order valence-electron chi connectivity index (χ3n) is 4.45. The second-order valence-corrected chi connectivity index (χ2v) is 6.04. The minimum Gasteiger partial charge on any atom is -0.618 e. The predicted molar refractivity (Wildman–Crippen MR) is 86.3 cm³/mol. The summed E-state index contributed by atoms with van der Waals surface area (Å²) >= 11 is 0. The molecule has 0 radical (unpaired) electrons. The zero-order valence-electron chi connectivity index (χ0n) is 13.6. The number of hydrogen-bond donors (Lipinski definition) is 0. The minimum atomic E-state index is -0.408. The summed E-state index contributed by atoms with van der Waals surface area (Å²) in [4.78, 5) is 16.1. The number of Topliss-reactive ketones (excluding diaryl/α,β-unsaturated/α-hetero) is 1. The van der Waals surface area contributed by atoms with E-state index >= 15 is 0 Å². The minimum absolute atomic E-state index is 0.0944. The van der Waals surface area contributed by atoms with Crippen LogP contribution in [0.3, 0.4) is 0 Å². The fourth-order valence-electron chi connectivity index (χ4n) is 3.05. The summed E-state index contributed by atoms with van der Waals surface area (Å²) in [5, 5.41) is 24.9. The highest BCUT2D eigenvalue weighted by atomic mass is 16.5. The fourth-order valence-corrected chi connectivity index (χ4v) is 3.05. The molecule has 7 heteroatoms. The standard InChI is InChI=1S/C16H20N4O3/c1-11-16(12(2)21)20(23)15-10-13(4-5-14(15)19(11)22)18-8-6-17(3)7-9-18/h4-5,10H,6-9H2,1-3H3. The van der Waals surface area contributed by atoms with Crippen molar-refractivity contribution in [3.05, 3.63) is 40.0 Å². The third-order valence-corrected chi connectivity index (χ3v) is 4.45. The monoisotopic (exact) mass is 316 g/mol. The van der Waals surface area contributed by atoms with Gasteiger partial charge in [0.25, 0.3) is 16.7 Å². The Labute approximate surface area is 134 Å². The van der Waals surface area contributed by atoms with E-state index < -0.39 is 5.78 Å². The molecule has 0 aliphatic carbocycles. The zero-order chi connectivity index (χ0) is 16.7. The van der Waals surface area contributed by atoms with Crippen molar-refractivity contribution >= 4 is 22.5 Å². The number of benzene rings is 1. The number of rotatable bonds is 2. The lowest BCUT2D eigenvalue weighted by molar-refractivity contribution is -0.635. The van der Waals surface area contributed by atoms with E-state index in [1.165, 1.54) is 13.8 Å². The molecule has 0 bridgehead atoms. The van der Waals surface area contributed by atoms with Crippen LogP contribution in [-0.4, -0.2) is 43.9 Å². The molecule has 1 aromatic carbocycles. The van der Waals surface area contributed by atoms with Crippen LogP contribution >= 0.6 is 0 Å². The van der Waals surface area contributed by atoms with Gasteiger partial charge in [0, 0.05) is 57.8 Å². The van der Waals surface area contributed by atoms with E-state index in [1.807, 2.05) is 6.07 Å². The lowest BCUT2D eigenvalue weighted by Crippen LogP contribution is -2.47. The Morgan fingerprint density at radius 3 is 2.35 bits per heavy atom. The van der Waals surface area contributed by atoms with Gasteiger partial charge in [-0.25, -0.2) is 0 Å². The maximum atomic E-state index is 12.5. The van der Waals surface area contributed by atoms with Crippen molar-refractivity contribution in [3.8, 4) is 0 Å². The van der Waals surface area contributed by atoms with Crippen LogP contribution in [-0.2, 0) is 0 Å². The first-order valence-corrected chi connectivity index (χ1v) is 7.64. The lowest BCUT2D eigenvalue weighted by atomic mass is 10.2. The molecular formula is C16H20N4O3. The Morgan fingerprint density at radius 2 is 1.74 bits per heavy atom. The molecule has 1 aromatic heterocycles. The highest BCUT2D eigenvalue weighted by molar-refractivity contribution is 5.92. The molecule has 122 valence electrons. The van der Waals surface area contributed by atoms with Gasteiger partial charge in [-0.1, -0.05) is 0 Å². The van der Waals surface area contributed by atoms with Crippen molar-refractivity contribution in [2.75, 3.05) is 38.1 Å². The summed E-state index contributed by atoms with van der Waals surface area (Å²) in [6, 6.07) is 5.21. The number of hydrogen-bond acceptors (Lipinski definition) is 5. The van der Waals surface area contributed by atoms with Crippen molar-refractivity contribution in [2.45, 2.75) is 13.8 Å². The summed E-state index contributed by atoms with van der Waals surface area (Å²) in [5.74, 6) is -0.408. The lowest BCUT2D eigenvalue weighted by Gasteiger charge is -2.33. The Hall–Kier alpha value is -2.41. The number of likely N-dealkylation sites (N-methyl/N-ethyl adjacent to an activating group) is 1. The van der Waals surface area contributed by atoms with Crippen molar-refractivity contribution in [1.82, 2.24) is 4.90 Å². The van der Waals surface area contributed by atoms with Crippen LogP contribution in [0.5, 0.6) is 0 Å². The summed E-state index contributed by atoms with van der Waals surface area (Å²) < 4.78 is 1.25. The van der Waals surface area contributed by atoms with Gasteiger partial charge < -0.3 is 20.2 Å². The van der Waals surface area contributed by atoms with Crippen molar-refractivity contribution < 1.29 is 14.3 Å². The van der Waals surface area contributed by atoms with Crippen LogP contribution in [0.4, 0.5) is 5.69 Å². The number of nitrogens with zero attached hydrogens (tertiary/aromatic N) is 4. The molecule has 23 heavy (non-hydrogen) atoms. The maximum absolute atomic E-state index is 12.5. The highest BCUT2D eigenvalue weighted by Gasteiger charge is 2.29. The van der Waals surface area contributed by atoms with Crippen molar-refractivity contribution in [2.24, 2.45) is 0 Å². The van der Waals surface area contributed by atoms with Crippen LogP contribution in [0.2, 0.25) is 0 Å². The number of ketones is 1. The Kier molecular flexibility index (Phi) is 3.81. The second-order valence-electron chi connectivity index (χ2n) is 6.04. The molecule has 1 fully saturated rings. The Bertz CT molecular complexity index is 783. The first-order chi connectivity index (χ1) is 10.9.